The summed E-state index contributed by atoms with van der Waals surface area (Å²) in [5.74, 6) is -1.44. The molecule has 0 fully saturated rings. The number of aromatic carboxylic acids is 1. The summed E-state index contributed by atoms with van der Waals surface area (Å²) in [5.41, 5.74) is 2.27. The van der Waals surface area contributed by atoms with Crippen LogP contribution in [0.4, 0.5) is 0 Å². The molecule has 0 amide bonds. The van der Waals surface area contributed by atoms with Crippen LogP contribution in [0.1, 0.15) is 30.2 Å². The highest BCUT2D eigenvalue weighted by molar-refractivity contribution is 7.16. The molecule has 0 aliphatic heterocycles. The first-order valence-electron chi connectivity index (χ1n) is 7.10. The van der Waals surface area contributed by atoms with Crippen molar-refractivity contribution in [2.75, 3.05) is 0 Å². The largest absolute Gasteiger partial charge is 0.507 e. The number of fused-ring (bicyclic) bond motifs is 1. The molecule has 3 rings (SSSR count). The van der Waals surface area contributed by atoms with Gasteiger partial charge >= 0.3 is 10.8 Å². The Morgan fingerprint density at radius 3 is 2.39 bits per heavy atom. The number of thiazole rings is 1. The van der Waals surface area contributed by atoms with Gasteiger partial charge in [0.2, 0.25) is 0 Å². The van der Waals surface area contributed by atoms with Gasteiger partial charge in [0.05, 0.1) is 10.2 Å². The number of carbonyl (C=O) groups is 1. The van der Waals surface area contributed by atoms with Crippen LogP contribution < -0.4 is 4.87 Å². The molecule has 0 radical (unpaired) electrons. The van der Waals surface area contributed by atoms with Crippen LogP contribution in [0.5, 0.6) is 5.75 Å². The number of hydrogen-bond donors (Lipinski definition) is 2. The molecule has 0 aliphatic rings. The highest BCUT2D eigenvalue weighted by Crippen LogP contribution is 2.30. The third-order valence-electron chi connectivity index (χ3n) is 3.69. The third kappa shape index (κ3) is 2.61. The number of nitrogens with zero attached hydrogens (tertiary/aromatic N) is 1. The fourth-order valence-corrected chi connectivity index (χ4v) is 3.65. The fourth-order valence-electron chi connectivity index (χ4n) is 2.60. The number of aromatic nitrogens is 1. The second kappa shape index (κ2) is 5.55. The number of carboxylic acid groups (broad SMARTS) is 1. The molecule has 6 heteroatoms. The zero-order valence-corrected chi connectivity index (χ0v) is 13.4. The van der Waals surface area contributed by atoms with Crippen LogP contribution in [0.25, 0.3) is 21.3 Å². The maximum atomic E-state index is 12.1. The molecule has 1 aromatic heterocycles. The number of rotatable bonds is 3. The summed E-state index contributed by atoms with van der Waals surface area (Å²) >= 11 is 1.18. The minimum atomic E-state index is -1.17. The number of hydrogen-bond acceptors (Lipinski definition) is 4. The molecule has 0 aliphatic carbocycles. The third-order valence-corrected chi connectivity index (χ3v) is 4.61. The molecule has 1 heterocycles. The van der Waals surface area contributed by atoms with E-state index in [1.54, 1.807) is 10.6 Å². The van der Waals surface area contributed by atoms with E-state index in [-0.39, 0.29) is 22.2 Å². The zero-order chi connectivity index (χ0) is 16.7. The smallest absolute Gasteiger partial charge is 0.339 e. The van der Waals surface area contributed by atoms with E-state index in [4.69, 9.17) is 5.11 Å². The molecule has 0 bridgehead atoms. The van der Waals surface area contributed by atoms with Crippen LogP contribution in [0.2, 0.25) is 0 Å². The van der Waals surface area contributed by atoms with Crippen molar-refractivity contribution in [2.24, 2.45) is 0 Å². The van der Waals surface area contributed by atoms with Gasteiger partial charge in [-0.2, -0.15) is 0 Å². The van der Waals surface area contributed by atoms with Crippen molar-refractivity contribution in [3.05, 3.63) is 51.6 Å². The Bertz CT molecular complexity index is 968. The van der Waals surface area contributed by atoms with Crippen LogP contribution in [-0.2, 0) is 0 Å². The summed E-state index contributed by atoms with van der Waals surface area (Å²) in [6.45, 7) is 3.92. The maximum absolute atomic E-state index is 12.1. The van der Waals surface area contributed by atoms with Gasteiger partial charge < -0.3 is 10.2 Å². The van der Waals surface area contributed by atoms with E-state index in [9.17, 15) is 14.7 Å². The first kappa shape index (κ1) is 15.3. The van der Waals surface area contributed by atoms with Gasteiger partial charge in [0.15, 0.2) is 0 Å². The molecule has 2 N–H and O–H groups in total. The molecular formula is C17H15NO4S. The second-order valence-corrected chi connectivity index (χ2v) is 6.54. The average Bonchev–Trinajstić information content (AvgIpc) is 2.81. The number of benzene rings is 2. The number of carboxylic acids is 1. The van der Waals surface area contributed by atoms with E-state index in [2.05, 4.69) is 0 Å². The summed E-state index contributed by atoms with van der Waals surface area (Å²) in [6, 6.07) is 10.2. The Kier molecular flexibility index (Phi) is 3.69. The molecule has 0 atom stereocenters. The Hall–Kier alpha value is -2.60. The Balaban J connectivity index is 2.13. The summed E-state index contributed by atoms with van der Waals surface area (Å²) in [6.07, 6.45) is 0. The van der Waals surface area contributed by atoms with E-state index >= 15 is 0 Å². The topological polar surface area (TPSA) is 79.5 Å². The minimum absolute atomic E-state index is 0.00350. The van der Waals surface area contributed by atoms with Gasteiger partial charge in [-0.3, -0.25) is 9.36 Å². The van der Waals surface area contributed by atoms with Crippen molar-refractivity contribution in [2.45, 2.75) is 19.9 Å². The van der Waals surface area contributed by atoms with Crippen molar-refractivity contribution in [1.29, 1.82) is 0 Å². The second-order valence-electron chi connectivity index (χ2n) is 5.55. The van der Waals surface area contributed by atoms with Gasteiger partial charge in [0.1, 0.15) is 11.3 Å². The highest BCUT2D eigenvalue weighted by atomic mass is 32.1. The Morgan fingerprint density at radius 1 is 1.13 bits per heavy atom. The van der Waals surface area contributed by atoms with Crippen molar-refractivity contribution in [3.63, 3.8) is 0 Å². The lowest BCUT2D eigenvalue weighted by molar-refractivity contribution is 0.0694. The molecule has 0 spiro atoms. The van der Waals surface area contributed by atoms with Crippen molar-refractivity contribution >= 4 is 27.5 Å². The number of phenols is 1. The molecule has 5 nitrogen and oxygen atoms in total. The van der Waals surface area contributed by atoms with E-state index in [0.29, 0.717) is 5.56 Å². The van der Waals surface area contributed by atoms with Crippen LogP contribution in [0.3, 0.4) is 0 Å². The van der Waals surface area contributed by atoms with Gasteiger partial charge in [-0.1, -0.05) is 23.5 Å². The lowest BCUT2D eigenvalue weighted by Crippen LogP contribution is -2.14. The molecule has 0 saturated carbocycles. The first-order chi connectivity index (χ1) is 10.9. The predicted octanol–water partition coefficient (Wildman–Crippen LogP) is 3.71. The van der Waals surface area contributed by atoms with Crippen molar-refractivity contribution in [1.82, 2.24) is 4.57 Å². The molecule has 0 saturated heterocycles. The van der Waals surface area contributed by atoms with E-state index < -0.39 is 5.97 Å². The Labute approximate surface area is 136 Å². The predicted molar refractivity (Wildman–Crippen MR) is 90.5 cm³/mol. The monoisotopic (exact) mass is 329 g/mol. The quantitative estimate of drug-likeness (QED) is 0.767. The number of aromatic hydroxyl groups is 1. The molecule has 0 unspecified atom stereocenters. The first-order valence-corrected chi connectivity index (χ1v) is 7.92. The van der Waals surface area contributed by atoms with E-state index in [1.807, 2.05) is 32.0 Å². The summed E-state index contributed by atoms with van der Waals surface area (Å²) < 4.78 is 2.61. The standard InChI is InChI=1S/C17H15NO4S/c1-9(2)18-13-6-4-11(8-15(13)23-17(18)22)10-3-5-12(16(20)21)14(19)7-10/h3-9,19H,1-2H3,(H,20,21). The molecule has 118 valence electrons. The lowest BCUT2D eigenvalue weighted by atomic mass is 10.0. The Morgan fingerprint density at radius 2 is 1.78 bits per heavy atom. The van der Waals surface area contributed by atoms with Gasteiger partial charge in [-0.05, 0) is 49.2 Å². The van der Waals surface area contributed by atoms with Crippen LogP contribution >= 0.6 is 11.3 Å². The average molecular weight is 329 g/mol. The van der Waals surface area contributed by atoms with Crippen LogP contribution in [0.15, 0.2) is 41.2 Å². The van der Waals surface area contributed by atoms with Gasteiger partial charge in [-0.15, -0.1) is 0 Å². The van der Waals surface area contributed by atoms with Gasteiger partial charge in [0, 0.05) is 6.04 Å². The minimum Gasteiger partial charge on any atom is -0.507 e. The van der Waals surface area contributed by atoms with Crippen LogP contribution in [0, 0.1) is 0 Å². The summed E-state index contributed by atoms with van der Waals surface area (Å²) in [7, 11) is 0. The summed E-state index contributed by atoms with van der Waals surface area (Å²) in [4.78, 5) is 23.0. The zero-order valence-electron chi connectivity index (χ0n) is 12.6. The fraction of sp³-hybridized carbons (Fsp3) is 0.176. The van der Waals surface area contributed by atoms with Crippen LogP contribution in [-0.4, -0.2) is 20.7 Å². The highest BCUT2D eigenvalue weighted by Gasteiger charge is 2.13. The van der Waals surface area contributed by atoms with E-state index in [1.165, 1.54) is 23.5 Å². The van der Waals surface area contributed by atoms with Gasteiger partial charge in [0.25, 0.3) is 0 Å². The molecule has 3 aromatic rings. The van der Waals surface area contributed by atoms with Gasteiger partial charge in [-0.25, -0.2) is 4.79 Å². The normalized spacial score (nSPS) is 11.3. The maximum Gasteiger partial charge on any atom is 0.339 e. The lowest BCUT2D eigenvalue weighted by Gasteiger charge is -2.08. The van der Waals surface area contributed by atoms with Crippen molar-refractivity contribution in [3.8, 4) is 16.9 Å². The SMILES string of the molecule is CC(C)n1c(=O)sc2cc(-c3ccc(C(=O)O)c(O)c3)ccc21. The molecule has 23 heavy (non-hydrogen) atoms. The molecule has 2 aromatic carbocycles. The van der Waals surface area contributed by atoms with E-state index in [0.717, 1.165) is 15.8 Å². The van der Waals surface area contributed by atoms with Crippen molar-refractivity contribution < 1.29 is 15.0 Å². The molecular weight excluding hydrogens is 314 g/mol. The summed E-state index contributed by atoms with van der Waals surface area (Å²) in [5, 5.41) is 18.8.